The van der Waals surface area contributed by atoms with Crippen molar-refractivity contribution < 1.29 is 0 Å². The van der Waals surface area contributed by atoms with Crippen molar-refractivity contribution in [3.8, 4) is 0 Å². The maximum absolute atomic E-state index is 11.3. The lowest BCUT2D eigenvalue weighted by molar-refractivity contribution is 1.20. The second-order valence-corrected chi connectivity index (χ2v) is 2.87. The highest BCUT2D eigenvalue weighted by molar-refractivity contribution is 6.29. The number of nitrogens with two attached hydrogens (primary N) is 1. The molecule has 0 radical (unpaired) electrons. The molecular weight excluding hydrogens is 192 g/mol. The highest BCUT2D eigenvalue weighted by atomic mass is 35.5. The molecule has 0 aromatic carbocycles. The highest BCUT2D eigenvalue weighted by Gasteiger charge is 2.04. The number of nitrogens with zero attached hydrogens (tertiary/aromatic N) is 2. The third-order valence-corrected chi connectivity index (χ3v) is 1.82. The molecule has 0 unspecified atom stereocenters. The van der Waals surface area contributed by atoms with Crippen LogP contribution in [0.2, 0.25) is 5.15 Å². The number of nitrogens with one attached hydrogen (secondary N) is 1. The molecule has 2 heterocycles. The molecule has 0 saturated carbocycles. The van der Waals surface area contributed by atoms with E-state index in [1.165, 1.54) is 12.4 Å². The van der Waals surface area contributed by atoms with Gasteiger partial charge in [0.25, 0.3) is 0 Å². The summed E-state index contributed by atoms with van der Waals surface area (Å²) in [5, 5.41) is 0.221. The van der Waals surface area contributed by atoms with Gasteiger partial charge in [-0.3, -0.25) is 4.79 Å². The SMILES string of the molecule is Nc1ncnc2c(=O)cc(Cl)[nH]c12. The summed E-state index contributed by atoms with van der Waals surface area (Å²) in [4.78, 5) is 21.5. The van der Waals surface area contributed by atoms with E-state index < -0.39 is 0 Å². The first-order valence-electron chi connectivity index (χ1n) is 3.47. The number of hydrogen-bond acceptors (Lipinski definition) is 4. The number of fused-ring (bicyclic) bond motifs is 1. The van der Waals surface area contributed by atoms with Crippen molar-refractivity contribution in [3.63, 3.8) is 0 Å². The third kappa shape index (κ3) is 1.23. The zero-order valence-corrected chi connectivity index (χ0v) is 7.17. The molecule has 5 nitrogen and oxygen atoms in total. The van der Waals surface area contributed by atoms with E-state index in [9.17, 15) is 4.79 Å². The van der Waals surface area contributed by atoms with Crippen LogP contribution in [-0.4, -0.2) is 15.0 Å². The zero-order valence-electron chi connectivity index (χ0n) is 6.41. The van der Waals surface area contributed by atoms with Gasteiger partial charge in [-0.25, -0.2) is 9.97 Å². The number of pyridine rings is 1. The predicted molar refractivity (Wildman–Crippen MR) is 49.6 cm³/mol. The molecule has 0 aliphatic carbocycles. The number of aromatic amines is 1. The Morgan fingerprint density at radius 1 is 1.46 bits per heavy atom. The molecule has 0 bridgehead atoms. The van der Waals surface area contributed by atoms with Crippen molar-refractivity contribution in [1.82, 2.24) is 15.0 Å². The average Bonchev–Trinajstić information content (AvgIpc) is 2.07. The minimum atomic E-state index is -0.271. The Bertz CT molecular complexity index is 521. The number of rotatable bonds is 0. The number of H-pyrrole nitrogens is 1. The van der Waals surface area contributed by atoms with Crippen molar-refractivity contribution in [1.29, 1.82) is 0 Å². The van der Waals surface area contributed by atoms with Crippen LogP contribution in [0.4, 0.5) is 5.82 Å². The number of anilines is 1. The van der Waals surface area contributed by atoms with Crippen LogP contribution in [0.5, 0.6) is 0 Å². The first-order chi connectivity index (χ1) is 6.18. The van der Waals surface area contributed by atoms with Crippen LogP contribution in [0, 0.1) is 0 Å². The van der Waals surface area contributed by atoms with E-state index in [1.54, 1.807) is 0 Å². The van der Waals surface area contributed by atoms with Crippen LogP contribution >= 0.6 is 11.6 Å². The fourth-order valence-electron chi connectivity index (χ4n) is 1.05. The second kappa shape index (κ2) is 2.70. The van der Waals surface area contributed by atoms with Crippen LogP contribution in [0.1, 0.15) is 0 Å². The van der Waals surface area contributed by atoms with Crippen LogP contribution in [0.15, 0.2) is 17.2 Å². The number of nitrogen functional groups attached to an aromatic ring is 1. The lowest BCUT2D eigenvalue weighted by Gasteiger charge is -1.99. The van der Waals surface area contributed by atoms with Crippen molar-refractivity contribution in [2.75, 3.05) is 5.73 Å². The van der Waals surface area contributed by atoms with E-state index in [0.29, 0.717) is 5.52 Å². The maximum Gasteiger partial charge on any atom is 0.209 e. The molecular formula is C7H5ClN4O. The zero-order chi connectivity index (χ0) is 9.42. The molecule has 0 fully saturated rings. The van der Waals surface area contributed by atoms with Gasteiger partial charge >= 0.3 is 0 Å². The monoisotopic (exact) mass is 196 g/mol. The molecule has 0 aliphatic rings. The van der Waals surface area contributed by atoms with Gasteiger partial charge in [0.15, 0.2) is 5.82 Å². The van der Waals surface area contributed by atoms with Crippen molar-refractivity contribution in [2.45, 2.75) is 0 Å². The van der Waals surface area contributed by atoms with Crippen LogP contribution in [0.3, 0.4) is 0 Å². The van der Waals surface area contributed by atoms with Crippen LogP contribution in [-0.2, 0) is 0 Å². The van der Waals surface area contributed by atoms with E-state index in [-0.39, 0.29) is 21.9 Å². The fourth-order valence-corrected chi connectivity index (χ4v) is 1.24. The first kappa shape index (κ1) is 8.00. The first-order valence-corrected chi connectivity index (χ1v) is 3.85. The predicted octanol–water partition coefficient (Wildman–Crippen LogP) is 0.554. The largest absolute Gasteiger partial charge is 0.382 e. The Labute approximate surface area is 77.6 Å². The summed E-state index contributed by atoms with van der Waals surface area (Å²) < 4.78 is 0. The summed E-state index contributed by atoms with van der Waals surface area (Å²) in [7, 11) is 0. The molecule has 66 valence electrons. The summed E-state index contributed by atoms with van der Waals surface area (Å²) in [6.45, 7) is 0. The molecule has 0 aliphatic heterocycles. The third-order valence-electron chi connectivity index (χ3n) is 1.61. The standard InChI is InChI=1S/C7H5ClN4O/c8-4-1-3(13)5-6(12-4)7(9)11-2-10-5/h1-2H,(H,12,13)(H2,9,10,11). The topological polar surface area (TPSA) is 84.7 Å². The van der Waals surface area contributed by atoms with E-state index in [1.807, 2.05) is 0 Å². The summed E-state index contributed by atoms with van der Waals surface area (Å²) >= 11 is 5.63. The Balaban J connectivity index is 3.03. The molecule has 0 amide bonds. The smallest absolute Gasteiger partial charge is 0.209 e. The van der Waals surface area contributed by atoms with Gasteiger partial charge in [-0.1, -0.05) is 11.6 Å². The summed E-state index contributed by atoms with van der Waals surface area (Å²) in [5.41, 5.74) is 5.87. The summed E-state index contributed by atoms with van der Waals surface area (Å²) in [6, 6.07) is 1.25. The van der Waals surface area contributed by atoms with Gasteiger partial charge in [-0.2, -0.15) is 0 Å². The Hall–Kier alpha value is -1.62. The van der Waals surface area contributed by atoms with Gasteiger partial charge in [-0.15, -0.1) is 0 Å². The number of hydrogen-bond donors (Lipinski definition) is 2. The van der Waals surface area contributed by atoms with Gasteiger partial charge < -0.3 is 10.7 Å². The van der Waals surface area contributed by atoms with Crippen molar-refractivity contribution in [3.05, 3.63) is 27.8 Å². The Morgan fingerprint density at radius 2 is 2.23 bits per heavy atom. The molecule has 0 atom stereocenters. The van der Waals surface area contributed by atoms with Crippen LogP contribution < -0.4 is 11.2 Å². The molecule has 2 rings (SSSR count). The van der Waals surface area contributed by atoms with E-state index in [4.69, 9.17) is 17.3 Å². The molecule has 2 aromatic rings. The maximum atomic E-state index is 11.3. The van der Waals surface area contributed by atoms with Gasteiger partial charge in [-0.05, 0) is 0 Å². The number of aromatic nitrogens is 3. The van der Waals surface area contributed by atoms with E-state index in [2.05, 4.69) is 15.0 Å². The van der Waals surface area contributed by atoms with Gasteiger partial charge in [0, 0.05) is 6.07 Å². The lowest BCUT2D eigenvalue weighted by atomic mass is 10.3. The van der Waals surface area contributed by atoms with Gasteiger partial charge in [0.2, 0.25) is 5.43 Å². The molecule has 2 aromatic heterocycles. The summed E-state index contributed by atoms with van der Waals surface area (Å²) in [6.07, 6.45) is 1.24. The molecule has 6 heteroatoms. The van der Waals surface area contributed by atoms with Gasteiger partial charge in [0.05, 0.1) is 0 Å². The van der Waals surface area contributed by atoms with Crippen LogP contribution in [0.25, 0.3) is 11.0 Å². The second-order valence-electron chi connectivity index (χ2n) is 2.46. The summed E-state index contributed by atoms with van der Waals surface area (Å²) in [5.74, 6) is 0.213. The molecule has 3 N–H and O–H groups in total. The Kier molecular flexibility index (Phi) is 1.66. The normalized spacial score (nSPS) is 10.5. The van der Waals surface area contributed by atoms with E-state index >= 15 is 0 Å². The molecule has 0 saturated heterocycles. The average molecular weight is 197 g/mol. The van der Waals surface area contributed by atoms with Crippen molar-refractivity contribution in [2.24, 2.45) is 0 Å². The fraction of sp³-hybridized carbons (Fsp3) is 0. The van der Waals surface area contributed by atoms with Crippen molar-refractivity contribution >= 4 is 28.5 Å². The lowest BCUT2D eigenvalue weighted by Crippen LogP contribution is -2.06. The number of halogens is 1. The minimum absolute atomic E-state index is 0.213. The molecule has 0 spiro atoms. The van der Waals surface area contributed by atoms with Gasteiger partial charge in [0.1, 0.15) is 22.5 Å². The Morgan fingerprint density at radius 3 is 3.00 bits per heavy atom. The quantitative estimate of drug-likeness (QED) is 0.603. The van der Waals surface area contributed by atoms with E-state index in [0.717, 1.165) is 0 Å². The minimum Gasteiger partial charge on any atom is -0.382 e. The highest BCUT2D eigenvalue weighted by Crippen LogP contribution is 2.12. The molecule has 13 heavy (non-hydrogen) atoms.